The first-order valence-corrected chi connectivity index (χ1v) is 6.33. The second-order valence-corrected chi connectivity index (χ2v) is 4.67. The maximum atomic E-state index is 11.4. The van der Waals surface area contributed by atoms with E-state index in [4.69, 9.17) is 0 Å². The van der Waals surface area contributed by atoms with Gasteiger partial charge in [-0.25, -0.2) is 0 Å². The minimum absolute atomic E-state index is 0.00566. The van der Waals surface area contributed by atoms with E-state index in [-0.39, 0.29) is 16.4 Å². The summed E-state index contributed by atoms with van der Waals surface area (Å²) in [6.45, 7) is 0. The van der Waals surface area contributed by atoms with Crippen molar-refractivity contribution < 1.29 is 9.72 Å². The van der Waals surface area contributed by atoms with Crippen LogP contribution in [0.5, 0.6) is 0 Å². The van der Waals surface area contributed by atoms with Gasteiger partial charge in [0.2, 0.25) is 5.91 Å². The summed E-state index contributed by atoms with van der Waals surface area (Å²) in [5.74, 6) is -0.203. The van der Waals surface area contributed by atoms with E-state index in [2.05, 4.69) is 37.2 Å². The molecule has 0 bridgehead atoms. The van der Waals surface area contributed by atoms with Gasteiger partial charge in [0.15, 0.2) is 0 Å². The molecule has 86 valence electrons. The van der Waals surface area contributed by atoms with Crippen LogP contribution in [0.15, 0.2) is 24.3 Å². The summed E-state index contributed by atoms with van der Waals surface area (Å²) in [5.41, 5.74) is 0.523. The van der Waals surface area contributed by atoms with Crippen LogP contribution >= 0.6 is 31.9 Å². The van der Waals surface area contributed by atoms with Crippen molar-refractivity contribution in [3.05, 3.63) is 34.4 Å². The van der Waals surface area contributed by atoms with Crippen LogP contribution in [0.3, 0.4) is 0 Å². The van der Waals surface area contributed by atoms with Crippen LogP contribution in [-0.4, -0.2) is 21.0 Å². The molecule has 1 N–H and O–H groups in total. The van der Waals surface area contributed by atoms with E-state index < -0.39 is 4.92 Å². The van der Waals surface area contributed by atoms with Gasteiger partial charge < -0.3 is 5.32 Å². The summed E-state index contributed by atoms with van der Waals surface area (Å²) >= 11 is 6.33. The SMILES string of the molecule is O=C(Nc1ccc([N+](=O)[O-])cc1)C(Br)CBr. The van der Waals surface area contributed by atoms with E-state index in [1.807, 2.05) is 0 Å². The molecular weight excluding hydrogens is 344 g/mol. The van der Waals surface area contributed by atoms with E-state index >= 15 is 0 Å². The second-order valence-electron chi connectivity index (χ2n) is 2.92. The fraction of sp³-hybridized carbons (Fsp3) is 0.222. The van der Waals surface area contributed by atoms with Crippen LogP contribution in [0.1, 0.15) is 0 Å². The van der Waals surface area contributed by atoms with Crippen LogP contribution in [0.4, 0.5) is 11.4 Å². The van der Waals surface area contributed by atoms with Crippen molar-refractivity contribution in [3.8, 4) is 0 Å². The van der Waals surface area contributed by atoms with Gasteiger partial charge in [-0.3, -0.25) is 14.9 Å². The quantitative estimate of drug-likeness (QED) is 0.515. The average molecular weight is 352 g/mol. The summed E-state index contributed by atoms with van der Waals surface area (Å²) in [6.07, 6.45) is 0. The van der Waals surface area contributed by atoms with Gasteiger partial charge in [0.05, 0.1) is 4.92 Å². The molecule has 0 aliphatic rings. The van der Waals surface area contributed by atoms with Crippen LogP contribution in [-0.2, 0) is 4.79 Å². The zero-order valence-electron chi connectivity index (χ0n) is 8.02. The van der Waals surface area contributed by atoms with Crippen LogP contribution in [0.2, 0.25) is 0 Å². The minimum Gasteiger partial charge on any atom is -0.325 e. The molecule has 5 nitrogen and oxygen atoms in total. The van der Waals surface area contributed by atoms with E-state index in [9.17, 15) is 14.9 Å². The normalized spacial score (nSPS) is 11.9. The minimum atomic E-state index is -0.489. The molecule has 0 heterocycles. The van der Waals surface area contributed by atoms with Gasteiger partial charge in [-0.15, -0.1) is 0 Å². The molecule has 1 atom stereocenters. The molecule has 0 saturated heterocycles. The number of nitrogens with one attached hydrogen (secondary N) is 1. The van der Waals surface area contributed by atoms with E-state index in [0.29, 0.717) is 11.0 Å². The number of hydrogen-bond donors (Lipinski definition) is 1. The second kappa shape index (κ2) is 5.95. The molecule has 0 saturated carbocycles. The standard InChI is InChI=1S/C9H8Br2N2O3/c10-5-8(11)9(14)12-6-1-3-7(4-2-6)13(15)16/h1-4,8H,5H2,(H,12,14). The van der Waals surface area contributed by atoms with Gasteiger partial charge in [0, 0.05) is 23.2 Å². The third-order valence-corrected chi connectivity index (χ3v) is 4.02. The lowest BCUT2D eigenvalue weighted by atomic mass is 10.3. The first-order valence-electron chi connectivity index (χ1n) is 4.30. The Morgan fingerprint density at radius 2 is 2.00 bits per heavy atom. The Hall–Kier alpha value is -0.950. The topological polar surface area (TPSA) is 72.2 Å². The fourth-order valence-electron chi connectivity index (χ4n) is 0.957. The molecule has 0 radical (unpaired) electrons. The van der Waals surface area contributed by atoms with E-state index in [1.54, 1.807) is 0 Å². The molecule has 1 unspecified atom stereocenters. The summed E-state index contributed by atoms with van der Waals surface area (Å²) in [7, 11) is 0. The Labute approximate surface area is 109 Å². The molecule has 0 aromatic heterocycles. The molecule has 1 rings (SSSR count). The third kappa shape index (κ3) is 3.57. The molecule has 16 heavy (non-hydrogen) atoms. The van der Waals surface area contributed by atoms with Crippen molar-refractivity contribution in [1.29, 1.82) is 0 Å². The zero-order chi connectivity index (χ0) is 12.1. The lowest BCUT2D eigenvalue weighted by Crippen LogP contribution is -2.23. The smallest absolute Gasteiger partial charge is 0.269 e. The van der Waals surface area contributed by atoms with E-state index in [1.165, 1.54) is 24.3 Å². The van der Waals surface area contributed by atoms with Gasteiger partial charge in [-0.05, 0) is 12.1 Å². The lowest BCUT2D eigenvalue weighted by molar-refractivity contribution is -0.384. The predicted octanol–water partition coefficient (Wildman–Crippen LogP) is 2.69. The summed E-state index contributed by atoms with van der Waals surface area (Å²) in [4.78, 5) is 21.0. The van der Waals surface area contributed by atoms with Gasteiger partial charge in [-0.1, -0.05) is 31.9 Å². The highest BCUT2D eigenvalue weighted by atomic mass is 79.9. The number of halogens is 2. The molecule has 0 aliphatic heterocycles. The zero-order valence-corrected chi connectivity index (χ0v) is 11.2. The highest BCUT2D eigenvalue weighted by Gasteiger charge is 2.13. The number of nitro benzene ring substituents is 1. The lowest BCUT2D eigenvalue weighted by Gasteiger charge is -2.07. The van der Waals surface area contributed by atoms with Gasteiger partial charge >= 0.3 is 0 Å². The maximum absolute atomic E-state index is 11.4. The number of rotatable bonds is 4. The maximum Gasteiger partial charge on any atom is 0.269 e. The Kier molecular flexibility index (Phi) is 4.88. The first-order chi connectivity index (χ1) is 7.54. The number of anilines is 1. The molecular formula is C9H8Br2N2O3. The van der Waals surface area contributed by atoms with E-state index in [0.717, 1.165) is 0 Å². The number of carbonyl (C=O) groups excluding carboxylic acids is 1. The molecule has 1 aromatic carbocycles. The third-order valence-electron chi connectivity index (χ3n) is 1.77. The first kappa shape index (κ1) is 13.1. The Balaban J connectivity index is 2.69. The highest BCUT2D eigenvalue weighted by Crippen LogP contribution is 2.16. The molecule has 7 heteroatoms. The van der Waals surface area contributed by atoms with Gasteiger partial charge in [0.1, 0.15) is 4.83 Å². The van der Waals surface area contributed by atoms with Gasteiger partial charge in [-0.2, -0.15) is 0 Å². The van der Waals surface area contributed by atoms with Crippen molar-refractivity contribution >= 4 is 49.1 Å². The Morgan fingerprint density at radius 3 is 2.44 bits per heavy atom. The molecule has 1 aromatic rings. The average Bonchev–Trinajstić information content (AvgIpc) is 2.28. The fourth-order valence-corrected chi connectivity index (χ4v) is 1.37. The number of nitrogens with zero attached hydrogens (tertiary/aromatic N) is 1. The molecule has 0 spiro atoms. The molecule has 0 fully saturated rings. The Morgan fingerprint density at radius 1 is 1.44 bits per heavy atom. The summed E-state index contributed by atoms with van der Waals surface area (Å²) < 4.78 is 0. The monoisotopic (exact) mass is 350 g/mol. The van der Waals surface area contributed by atoms with Crippen molar-refractivity contribution in [2.45, 2.75) is 4.83 Å². The number of non-ortho nitro benzene ring substituents is 1. The Bertz CT molecular complexity index is 394. The largest absolute Gasteiger partial charge is 0.325 e. The number of amides is 1. The number of hydrogen-bond acceptors (Lipinski definition) is 3. The molecule has 0 aliphatic carbocycles. The number of carbonyl (C=O) groups is 1. The summed E-state index contributed by atoms with van der Waals surface area (Å²) in [6, 6.07) is 5.66. The van der Waals surface area contributed by atoms with Crippen molar-refractivity contribution in [2.24, 2.45) is 0 Å². The number of benzene rings is 1. The van der Waals surface area contributed by atoms with Crippen molar-refractivity contribution in [2.75, 3.05) is 10.6 Å². The number of nitro groups is 1. The van der Waals surface area contributed by atoms with Crippen LogP contribution < -0.4 is 5.32 Å². The highest BCUT2D eigenvalue weighted by molar-refractivity contribution is 9.12. The van der Waals surface area contributed by atoms with Gasteiger partial charge in [0.25, 0.3) is 5.69 Å². The number of alkyl halides is 2. The molecule has 1 amide bonds. The van der Waals surface area contributed by atoms with Crippen LogP contribution in [0, 0.1) is 10.1 Å². The summed E-state index contributed by atoms with van der Waals surface area (Å²) in [5, 5.41) is 13.5. The van der Waals surface area contributed by atoms with Crippen molar-refractivity contribution in [1.82, 2.24) is 0 Å². The predicted molar refractivity (Wildman–Crippen MR) is 68.2 cm³/mol. The van der Waals surface area contributed by atoms with Crippen molar-refractivity contribution in [3.63, 3.8) is 0 Å². The van der Waals surface area contributed by atoms with Crippen LogP contribution in [0.25, 0.3) is 0 Å².